The number of para-hydroxylation sites is 1. The summed E-state index contributed by atoms with van der Waals surface area (Å²) in [6.45, 7) is 7.88. The van der Waals surface area contributed by atoms with Crippen molar-refractivity contribution in [1.82, 2.24) is 14.7 Å². The molecule has 2 amide bonds. The van der Waals surface area contributed by atoms with Crippen molar-refractivity contribution < 1.29 is 31.1 Å². The molecule has 0 aliphatic carbocycles. The van der Waals surface area contributed by atoms with Gasteiger partial charge in [-0.15, -0.1) is 0 Å². The molecule has 1 aliphatic rings. The molecule has 1 aliphatic heterocycles. The zero-order chi connectivity index (χ0) is 32.8. The van der Waals surface area contributed by atoms with Crippen LogP contribution in [0.3, 0.4) is 0 Å². The predicted molar refractivity (Wildman–Crippen MR) is 159 cm³/mol. The molecule has 0 saturated carbocycles. The summed E-state index contributed by atoms with van der Waals surface area (Å²) in [5.41, 5.74) is 7.06. The number of fused-ring (bicyclic) bond motifs is 1. The van der Waals surface area contributed by atoms with Gasteiger partial charge in [-0.05, 0) is 56.0 Å². The van der Waals surface area contributed by atoms with Crippen LogP contribution in [0.25, 0.3) is 16.9 Å². The van der Waals surface area contributed by atoms with Crippen LogP contribution in [-0.2, 0) is 38.5 Å². The Bertz CT molecular complexity index is 1760. The van der Waals surface area contributed by atoms with E-state index in [0.29, 0.717) is 36.6 Å². The highest BCUT2D eigenvalue weighted by molar-refractivity contribution is 5.88. The Morgan fingerprint density at radius 2 is 1.62 bits per heavy atom. The van der Waals surface area contributed by atoms with E-state index in [2.05, 4.69) is 5.32 Å². The Morgan fingerprint density at radius 3 is 2.20 bits per heavy atom. The molecule has 238 valence electrons. The van der Waals surface area contributed by atoms with Crippen molar-refractivity contribution in [3.05, 3.63) is 99.5 Å². The third-order valence-electron chi connectivity index (χ3n) is 8.36. The monoisotopic (exact) mass is 629 g/mol. The number of nitrogens with one attached hydrogen (secondary N) is 1. The first-order chi connectivity index (χ1) is 21.1. The van der Waals surface area contributed by atoms with E-state index in [1.807, 2.05) is 50.8 Å². The van der Waals surface area contributed by atoms with Crippen LogP contribution in [0.5, 0.6) is 0 Å². The molecule has 3 N–H and O–H groups in total. The molecule has 0 radical (unpaired) electrons. The number of rotatable bonds is 7. The number of hydrogen-bond donors (Lipinski definition) is 2. The van der Waals surface area contributed by atoms with Crippen molar-refractivity contribution in [3.8, 4) is 16.9 Å². The van der Waals surface area contributed by atoms with Gasteiger partial charge in [0.2, 0.25) is 0 Å². The highest BCUT2D eigenvalue weighted by Gasteiger charge is 2.39. The highest BCUT2D eigenvalue weighted by Crippen LogP contribution is 2.41. The lowest BCUT2D eigenvalue weighted by molar-refractivity contribution is -0.137. The zero-order valence-electron chi connectivity index (χ0n) is 25.2. The van der Waals surface area contributed by atoms with Crippen molar-refractivity contribution in [1.29, 1.82) is 0 Å². The van der Waals surface area contributed by atoms with Gasteiger partial charge in [0, 0.05) is 47.8 Å². The van der Waals surface area contributed by atoms with Crippen LogP contribution >= 0.6 is 0 Å². The number of nitrogens with two attached hydrogens (primary N) is 1. The van der Waals surface area contributed by atoms with Gasteiger partial charge in [-0.25, -0.2) is 22.6 Å². The first-order valence-corrected chi connectivity index (χ1v) is 14.5. The largest absolute Gasteiger partial charge is 0.416 e. The normalized spacial score (nSPS) is 14.8. The Labute approximate surface area is 256 Å². The third-order valence-corrected chi connectivity index (χ3v) is 8.36. The molecule has 3 aromatic carbocycles. The molecule has 2 heterocycles. The van der Waals surface area contributed by atoms with Gasteiger partial charge in [-0.2, -0.15) is 18.3 Å². The molecule has 12 heteroatoms. The number of carbonyl (C=O) groups is 1. The summed E-state index contributed by atoms with van der Waals surface area (Å²) < 4.78 is 87.3. The lowest BCUT2D eigenvalue weighted by Gasteiger charge is -2.42. The van der Waals surface area contributed by atoms with Crippen molar-refractivity contribution in [2.75, 3.05) is 5.32 Å². The molecule has 4 aromatic rings. The Morgan fingerprint density at radius 1 is 0.956 bits per heavy atom. The number of carbonyl (C=O) groups excluding carboxylic acids is 1. The summed E-state index contributed by atoms with van der Waals surface area (Å²) in [6.07, 6.45) is -3.07. The average Bonchev–Trinajstić information content (AvgIpc) is 3.30. The second kappa shape index (κ2) is 11.9. The number of anilines is 1. The second-order valence-electron chi connectivity index (χ2n) is 11.8. The number of alkyl halides is 3. The maximum absolute atomic E-state index is 15.9. The number of primary amides is 1. The highest BCUT2D eigenvalue weighted by atomic mass is 19.4. The first-order valence-electron chi connectivity index (χ1n) is 14.5. The van der Waals surface area contributed by atoms with E-state index in [9.17, 15) is 22.4 Å². The lowest BCUT2D eigenvalue weighted by atomic mass is 9.87. The number of halogens is 6. The molecule has 45 heavy (non-hydrogen) atoms. The maximum atomic E-state index is 15.9. The summed E-state index contributed by atoms with van der Waals surface area (Å²) in [5, 5.41) is 7.04. The van der Waals surface area contributed by atoms with Gasteiger partial charge in [-0.3, -0.25) is 4.90 Å². The zero-order valence-corrected chi connectivity index (χ0v) is 25.2. The lowest BCUT2D eigenvalue weighted by Crippen LogP contribution is -2.48. The van der Waals surface area contributed by atoms with Gasteiger partial charge in [0.15, 0.2) is 0 Å². The molecule has 1 aromatic heterocycles. The maximum Gasteiger partial charge on any atom is 0.416 e. The molecule has 6 nitrogen and oxygen atoms in total. The van der Waals surface area contributed by atoms with Gasteiger partial charge < -0.3 is 11.1 Å². The number of aromatic nitrogens is 2. The van der Waals surface area contributed by atoms with Crippen LogP contribution in [0, 0.1) is 17.5 Å². The van der Waals surface area contributed by atoms with Crippen LogP contribution < -0.4 is 11.1 Å². The smallest absolute Gasteiger partial charge is 0.351 e. The summed E-state index contributed by atoms with van der Waals surface area (Å²) in [5.74, 6) is -2.73. The molecule has 0 bridgehead atoms. The molecular formula is C33H33F6N5O. The second-order valence-corrected chi connectivity index (χ2v) is 11.8. The van der Waals surface area contributed by atoms with E-state index in [-0.39, 0.29) is 29.9 Å². The number of aryl methyl sites for hydroxylation is 2. The van der Waals surface area contributed by atoms with Crippen LogP contribution in [0.4, 0.5) is 36.8 Å². The van der Waals surface area contributed by atoms with E-state index in [0.717, 1.165) is 41.1 Å². The number of hydrogen-bond acceptors (Lipinski definition) is 3. The van der Waals surface area contributed by atoms with Gasteiger partial charge in [0.1, 0.15) is 17.5 Å². The fourth-order valence-corrected chi connectivity index (χ4v) is 5.94. The number of benzene rings is 3. The fraction of sp³-hybridized carbons (Fsp3) is 0.333. The van der Waals surface area contributed by atoms with Crippen molar-refractivity contribution in [3.63, 3.8) is 0 Å². The summed E-state index contributed by atoms with van der Waals surface area (Å²) >= 11 is 0. The molecule has 0 fully saturated rings. The summed E-state index contributed by atoms with van der Waals surface area (Å²) in [4.78, 5) is 13.3. The Hall–Kier alpha value is -4.32. The quantitative estimate of drug-likeness (QED) is 0.204. The predicted octanol–water partition coefficient (Wildman–Crippen LogP) is 7.93. The topological polar surface area (TPSA) is 76.2 Å². The Kier molecular flexibility index (Phi) is 8.47. The first kappa shape index (κ1) is 32.1. The van der Waals surface area contributed by atoms with E-state index >= 15 is 8.78 Å². The van der Waals surface area contributed by atoms with Crippen molar-refractivity contribution in [2.45, 2.75) is 71.8 Å². The molecule has 5 rings (SSSR count). The summed E-state index contributed by atoms with van der Waals surface area (Å²) in [6, 6.07) is 9.05. The van der Waals surface area contributed by atoms with Crippen LogP contribution in [0.2, 0.25) is 0 Å². The SMILES string of the molecule is CCc1cccc(CC)c1-n1nc2c(c1-c1cc(F)c(NC(N)=O)cc1F)CN(Cc1ccc(C(F)(F)F)cc1F)C(C)(C)C2. The van der Waals surface area contributed by atoms with Crippen molar-refractivity contribution in [2.24, 2.45) is 5.73 Å². The minimum atomic E-state index is -4.68. The van der Waals surface area contributed by atoms with Gasteiger partial charge in [0.05, 0.1) is 28.3 Å². The Balaban J connectivity index is 1.70. The van der Waals surface area contributed by atoms with Crippen LogP contribution in [-0.4, -0.2) is 26.3 Å². The van der Waals surface area contributed by atoms with E-state index in [1.165, 1.54) is 0 Å². The number of nitrogens with zero attached hydrogens (tertiary/aromatic N) is 3. The molecule has 0 spiro atoms. The molecule has 0 unspecified atom stereocenters. The number of urea groups is 1. The minimum absolute atomic E-state index is 0.0366. The third kappa shape index (κ3) is 6.15. The van der Waals surface area contributed by atoms with E-state index < -0.39 is 46.4 Å². The molecular weight excluding hydrogens is 596 g/mol. The van der Waals surface area contributed by atoms with E-state index in [1.54, 1.807) is 4.68 Å². The fourth-order valence-electron chi connectivity index (χ4n) is 5.94. The standard InChI is InChI=1S/C33H33F6N5O/c1-5-18-8-7-9-19(6-2)29(18)44-30(22-13-26(36)27(14-25(22)35)41-31(40)45)23-17-43(32(3,4)15-28(23)42-44)16-20-10-11-21(12-24(20)34)33(37,38)39/h7-14H,5-6,15-17H2,1-4H3,(H3,40,41,45). The van der Waals surface area contributed by atoms with Crippen LogP contribution in [0.1, 0.15) is 61.2 Å². The molecule has 0 atom stereocenters. The average molecular weight is 630 g/mol. The molecule has 0 saturated heterocycles. The van der Waals surface area contributed by atoms with Gasteiger partial charge >= 0.3 is 12.2 Å². The number of amides is 2. The van der Waals surface area contributed by atoms with Crippen molar-refractivity contribution >= 4 is 11.7 Å². The van der Waals surface area contributed by atoms with Crippen LogP contribution in [0.15, 0.2) is 48.5 Å². The van der Waals surface area contributed by atoms with Gasteiger partial charge in [-0.1, -0.05) is 38.1 Å². The minimum Gasteiger partial charge on any atom is -0.351 e. The summed E-state index contributed by atoms with van der Waals surface area (Å²) in [7, 11) is 0. The van der Waals surface area contributed by atoms with Gasteiger partial charge in [0.25, 0.3) is 0 Å². The van der Waals surface area contributed by atoms with E-state index in [4.69, 9.17) is 10.8 Å².